The maximum Gasteiger partial charge on any atom is 0.339 e. The smallest absolute Gasteiger partial charge is 0.339 e. The van der Waals surface area contributed by atoms with E-state index < -0.39 is 5.97 Å². The summed E-state index contributed by atoms with van der Waals surface area (Å²) >= 11 is 1.32. The Kier molecular flexibility index (Phi) is 3.62. The second-order valence-electron chi connectivity index (χ2n) is 4.52. The van der Waals surface area contributed by atoms with E-state index in [1.54, 1.807) is 18.2 Å². The van der Waals surface area contributed by atoms with Crippen molar-refractivity contribution >= 4 is 29.6 Å². The van der Waals surface area contributed by atoms with Crippen molar-refractivity contribution < 1.29 is 14.3 Å². The van der Waals surface area contributed by atoms with Gasteiger partial charge in [0.05, 0.1) is 17.6 Å². The van der Waals surface area contributed by atoms with E-state index in [0.29, 0.717) is 20.9 Å². The van der Waals surface area contributed by atoms with Crippen molar-refractivity contribution in [2.45, 2.75) is 4.90 Å². The number of ketones is 1. The number of Topliss-reactive ketones (excluding diaryl/α,β-unsaturated/α-hetero) is 1. The second kappa shape index (κ2) is 5.58. The molecule has 0 N–H and O–H groups in total. The fourth-order valence-electron chi connectivity index (χ4n) is 2.18. The lowest BCUT2D eigenvalue weighted by Gasteiger charge is -2.03. The molecule has 3 rings (SSSR count). The van der Waals surface area contributed by atoms with Gasteiger partial charge < -0.3 is 4.74 Å². The standard InChI is InChI=1S/C17H12O3S/c1-20-17(19)13-9-5-8-12-15(18)14(21-16(12)13)10-11-6-3-2-4-7-11/h2-10H,1H3/b14-10+. The number of carbonyl (C=O) groups is 2. The van der Waals surface area contributed by atoms with Gasteiger partial charge in [-0.2, -0.15) is 0 Å². The maximum absolute atomic E-state index is 12.4. The number of hydrogen-bond donors (Lipinski definition) is 0. The molecular weight excluding hydrogens is 284 g/mol. The van der Waals surface area contributed by atoms with Crippen LogP contribution >= 0.6 is 11.8 Å². The first-order valence-corrected chi connectivity index (χ1v) is 7.23. The van der Waals surface area contributed by atoms with Crippen molar-refractivity contribution in [2.75, 3.05) is 7.11 Å². The molecule has 1 heterocycles. The van der Waals surface area contributed by atoms with E-state index in [2.05, 4.69) is 0 Å². The fourth-order valence-corrected chi connectivity index (χ4v) is 3.33. The second-order valence-corrected chi connectivity index (χ2v) is 5.58. The minimum Gasteiger partial charge on any atom is -0.465 e. The van der Waals surface area contributed by atoms with Gasteiger partial charge >= 0.3 is 5.97 Å². The Labute approximate surface area is 126 Å². The highest BCUT2D eigenvalue weighted by atomic mass is 32.2. The minimum atomic E-state index is -0.423. The molecular formula is C17H12O3S. The van der Waals surface area contributed by atoms with Gasteiger partial charge in [0, 0.05) is 10.5 Å². The molecule has 0 aromatic heterocycles. The van der Waals surface area contributed by atoms with Crippen LogP contribution in [0.5, 0.6) is 0 Å². The number of fused-ring (bicyclic) bond motifs is 1. The summed E-state index contributed by atoms with van der Waals surface area (Å²) in [6.07, 6.45) is 1.84. The van der Waals surface area contributed by atoms with Crippen LogP contribution in [0.3, 0.4) is 0 Å². The third-order valence-corrected chi connectivity index (χ3v) is 4.37. The van der Waals surface area contributed by atoms with E-state index in [9.17, 15) is 9.59 Å². The van der Waals surface area contributed by atoms with Crippen LogP contribution in [-0.4, -0.2) is 18.9 Å². The van der Waals surface area contributed by atoms with Crippen LogP contribution in [0, 0.1) is 0 Å². The molecule has 4 heteroatoms. The topological polar surface area (TPSA) is 43.4 Å². The fraction of sp³-hybridized carbons (Fsp3) is 0.0588. The zero-order chi connectivity index (χ0) is 14.8. The van der Waals surface area contributed by atoms with Crippen LogP contribution in [0.15, 0.2) is 58.3 Å². The number of rotatable bonds is 2. The van der Waals surface area contributed by atoms with Gasteiger partial charge in [0.25, 0.3) is 0 Å². The van der Waals surface area contributed by atoms with Crippen molar-refractivity contribution in [3.8, 4) is 0 Å². The van der Waals surface area contributed by atoms with Crippen LogP contribution in [0.1, 0.15) is 26.3 Å². The molecule has 0 unspecified atom stereocenters. The lowest BCUT2D eigenvalue weighted by Crippen LogP contribution is -2.04. The molecule has 1 aliphatic rings. The Bertz CT molecular complexity index is 748. The maximum atomic E-state index is 12.4. The van der Waals surface area contributed by atoms with Crippen LogP contribution in [-0.2, 0) is 4.74 Å². The number of thioether (sulfide) groups is 1. The molecule has 0 bridgehead atoms. The monoisotopic (exact) mass is 296 g/mol. The third-order valence-electron chi connectivity index (χ3n) is 3.20. The molecule has 0 saturated carbocycles. The Balaban J connectivity index is 2.03. The predicted molar refractivity (Wildman–Crippen MR) is 82.4 cm³/mol. The Morgan fingerprint density at radius 3 is 2.57 bits per heavy atom. The summed E-state index contributed by atoms with van der Waals surface area (Å²) in [5.41, 5.74) is 1.95. The highest BCUT2D eigenvalue weighted by Gasteiger charge is 2.30. The van der Waals surface area contributed by atoms with E-state index in [1.165, 1.54) is 18.9 Å². The van der Waals surface area contributed by atoms with Crippen LogP contribution in [0.2, 0.25) is 0 Å². The lowest BCUT2D eigenvalue weighted by atomic mass is 10.1. The number of hydrogen-bond acceptors (Lipinski definition) is 4. The van der Waals surface area contributed by atoms with E-state index >= 15 is 0 Å². The summed E-state index contributed by atoms with van der Waals surface area (Å²) in [5.74, 6) is -0.474. The van der Waals surface area contributed by atoms with Gasteiger partial charge in [0.15, 0.2) is 0 Å². The number of allylic oxidation sites excluding steroid dienone is 1. The SMILES string of the molecule is COC(=O)c1cccc2c1S/C(=C/c1ccccc1)C2=O. The van der Waals surface area contributed by atoms with Gasteiger partial charge in [0.1, 0.15) is 0 Å². The summed E-state index contributed by atoms with van der Waals surface area (Å²) in [6, 6.07) is 14.8. The van der Waals surface area contributed by atoms with Gasteiger partial charge in [-0.05, 0) is 23.8 Å². The number of carbonyl (C=O) groups excluding carboxylic acids is 2. The Hall–Kier alpha value is -2.33. The molecule has 1 aliphatic heterocycles. The van der Waals surface area contributed by atoms with Crippen molar-refractivity contribution in [1.82, 2.24) is 0 Å². The number of methoxy groups -OCH3 is 1. The zero-order valence-corrected chi connectivity index (χ0v) is 12.1. The molecule has 104 valence electrons. The molecule has 0 amide bonds. The molecule has 2 aromatic rings. The molecule has 0 atom stereocenters. The van der Waals surface area contributed by atoms with Crippen molar-refractivity contribution in [1.29, 1.82) is 0 Å². The van der Waals surface area contributed by atoms with Gasteiger partial charge in [-0.25, -0.2) is 4.79 Å². The van der Waals surface area contributed by atoms with Crippen LogP contribution < -0.4 is 0 Å². The molecule has 0 saturated heterocycles. The molecule has 0 spiro atoms. The van der Waals surface area contributed by atoms with E-state index in [1.807, 2.05) is 36.4 Å². The van der Waals surface area contributed by atoms with Crippen molar-refractivity contribution in [3.63, 3.8) is 0 Å². The summed E-state index contributed by atoms with van der Waals surface area (Å²) in [4.78, 5) is 25.5. The number of ether oxygens (including phenoxy) is 1. The Morgan fingerprint density at radius 2 is 1.86 bits per heavy atom. The lowest BCUT2D eigenvalue weighted by molar-refractivity contribution is 0.0597. The summed E-state index contributed by atoms with van der Waals surface area (Å²) in [5, 5.41) is 0. The average Bonchev–Trinajstić information content (AvgIpc) is 2.84. The summed E-state index contributed by atoms with van der Waals surface area (Å²) < 4.78 is 4.77. The molecule has 0 fully saturated rings. The van der Waals surface area contributed by atoms with E-state index in [-0.39, 0.29) is 5.78 Å². The minimum absolute atomic E-state index is 0.0513. The van der Waals surface area contributed by atoms with Crippen molar-refractivity contribution in [2.24, 2.45) is 0 Å². The molecule has 21 heavy (non-hydrogen) atoms. The highest BCUT2D eigenvalue weighted by molar-refractivity contribution is 8.05. The average molecular weight is 296 g/mol. The first kappa shape index (κ1) is 13.6. The number of esters is 1. The highest BCUT2D eigenvalue weighted by Crippen LogP contribution is 2.43. The van der Waals surface area contributed by atoms with E-state index in [4.69, 9.17) is 4.74 Å². The van der Waals surface area contributed by atoms with Crippen LogP contribution in [0.4, 0.5) is 0 Å². The first-order valence-electron chi connectivity index (χ1n) is 6.41. The van der Waals surface area contributed by atoms with Crippen molar-refractivity contribution in [3.05, 3.63) is 70.1 Å². The molecule has 0 radical (unpaired) electrons. The van der Waals surface area contributed by atoms with E-state index in [0.717, 1.165) is 5.56 Å². The predicted octanol–water partition coefficient (Wildman–Crippen LogP) is 3.80. The largest absolute Gasteiger partial charge is 0.465 e. The van der Waals surface area contributed by atoms with Crippen LogP contribution in [0.25, 0.3) is 6.08 Å². The normalized spacial score (nSPS) is 15.1. The quantitative estimate of drug-likeness (QED) is 0.624. The third kappa shape index (κ3) is 2.50. The van der Waals surface area contributed by atoms with Gasteiger partial charge in [0.2, 0.25) is 5.78 Å². The zero-order valence-electron chi connectivity index (χ0n) is 11.3. The summed E-state index contributed by atoms with van der Waals surface area (Å²) in [7, 11) is 1.34. The molecule has 0 aliphatic carbocycles. The first-order chi connectivity index (χ1) is 10.2. The Morgan fingerprint density at radius 1 is 1.10 bits per heavy atom. The van der Waals surface area contributed by atoms with Gasteiger partial charge in [-0.3, -0.25) is 4.79 Å². The number of benzene rings is 2. The van der Waals surface area contributed by atoms with Gasteiger partial charge in [-0.15, -0.1) is 0 Å². The molecule has 3 nitrogen and oxygen atoms in total. The van der Waals surface area contributed by atoms with Gasteiger partial charge in [-0.1, -0.05) is 48.2 Å². The summed E-state index contributed by atoms with van der Waals surface area (Å²) in [6.45, 7) is 0. The molecule has 2 aromatic carbocycles.